The zero-order chi connectivity index (χ0) is 17.2. The van der Waals surface area contributed by atoms with Crippen LogP contribution in [0, 0.1) is 0 Å². The minimum absolute atomic E-state index is 0.284. The van der Waals surface area contributed by atoms with Crippen LogP contribution in [-0.2, 0) is 6.54 Å². The Morgan fingerprint density at radius 3 is 2.88 bits per heavy atom. The van der Waals surface area contributed by atoms with Gasteiger partial charge in [0, 0.05) is 13.1 Å². The number of hydrogen-bond acceptors (Lipinski definition) is 6. The predicted octanol–water partition coefficient (Wildman–Crippen LogP) is 2.72. The van der Waals surface area contributed by atoms with E-state index in [1.807, 2.05) is 24.3 Å². The van der Waals surface area contributed by atoms with Crippen molar-refractivity contribution in [2.24, 2.45) is 0 Å². The third kappa shape index (κ3) is 3.71. The molecule has 2 atom stereocenters. The lowest BCUT2D eigenvalue weighted by atomic mass is 10.0. The molecule has 4 rings (SSSR count). The Morgan fingerprint density at radius 1 is 1.20 bits per heavy atom. The number of aliphatic hydroxyl groups is 1. The van der Waals surface area contributed by atoms with Crippen molar-refractivity contribution in [2.75, 3.05) is 26.3 Å². The van der Waals surface area contributed by atoms with E-state index >= 15 is 0 Å². The molecule has 1 N–H and O–H groups in total. The number of furan rings is 1. The highest BCUT2D eigenvalue weighted by atomic mass is 35.5. The topological polar surface area (TPSA) is 64.3 Å². The lowest BCUT2D eigenvalue weighted by molar-refractivity contribution is -0.0304. The smallest absolute Gasteiger partial charge is 0.203 e. The number of benzene rings is 1. The number of hydrogen-bond donors (Lipinski definition) is 1. The van der Waals surface area contributed by atoms with Crippen LogP contribution >= 0.6 is 11.6 Å². The molecule has 3 heterocycles. The highest BCUT2D eigenvalue weighted by Gasteiger charge is 2.31. The molecule has 134 valence electrons. The van der Waals surface area contributed by atoms with Crippen molar-refractivity contribution in [1.29, 1.82) is 0 Å². The van der Waals surface area contributed by atoms with Crippen LogP contribution in [0.4, 0.5) is 0 Å². The summed E-state index contributed by atoms with van der Waals surface area (Å²) in [4.78, 5) is 2.12. The monoisotopic (exact) mass is 365 g/mol. The van der Waals surface area contributed by atoms with Crippen molar-refractivity contribution in [3.63, 3.8) is 0 Å². The molecular weight excluding hydrogens is 346 g/mol. The van der Waals surface area contributed by atoms with Gasteiger partial charge in [0.25, 0.3) is 0 Å². The van der Waals surface area contributed by atoms with Crippen LogP contribution in [0.5, 0.6) is 17.2 Å². The number of para-hydroxylation sites is 1. The summed E-state index contributed by atoms with van der Waals surface area (Å²) in [5, 5.41) is 10.9. The molecule has 1 aromatic carbocycles. The van der Waals surface area contributed by atoms with Gasteiger partial charge in [-0.15, -0.1) is 0 Å². The number of halogens is 1. The number of rotatable bonds is 4. The molecule has 7 heteroatoms. The largest absolute Gasteiger partial charge is 0.486 e. The quantitative estimate of drug-likeness (QED) is 0.898. The van der Waals surface area contributed by atoms with E-state index in [0.717, 1.165) is 12.3 Å². The van der Waals surface area contributed by atoms with Crippen LogP contribution in [0.25, 0.3) is 0 Å². The Balaban J connectivity index is 1.39. The van der Waals surface area contributed by atoms with Gasteiger partial charge in [-0.2, -0.15) is 0 Å². The first-order valence-electron chi connectivity index (χ1n) is 8.39. The molecule has 0 amide bonds. The summed E-state index contributed by atoms with van der Waals surface area (Å²) in [5.74, 6) is 2.71. The van der Waals surface area contributed by atoms with E-state index in [4.69, 9.17) is 30.2 Å². The van der Waals surface area contributed by atoms with Crippen molar-refractivity contribution >= 4 is 11.6 Å². The lowest BCUT2D eigenvalue weighted by Crippen LogP contribution is -2.48. The highest BCUT2D eigenvalue weighted by Crippen LogP contribution is 2.40. The number of fused-ring (bicyclic) bond motifs is 1. The first-order valence-corrected chi connectivity index (χ1v) is 8.77. The number of β-amino-alcohol motifs (C(OH)–C–C–N with tert-alkyl or cyclic N) is 1. The van der Waals surface area contributed by atoms with E-state index in [1.165, 1.54) is 0 Å². The summed E-state index contributed by atoms with van der Waals surface area (Å²) in [6.07, 6.45) is -0.173. The van der Waals surface area contributed by atoms with Gasteiger partial charge in [0.2, 0.25) is 5.75 Å². The first-order chi connectivity index (χ1) is 12.2. The third-order valence-corrected chi connectivity index (χ3v) is 4.62. The summed E-state index contributed by atoms with van der Waals surface area (Å²) in [6.45, 7) is 2.96. The maximum atomic E-state index is 10.5. The van der Waals surface area contributed by atoms with Crippen molar-refractivity contribution in [3.8, 4) is 17.2 Å². The molecule has 0 bridgehead atoms. The van der Waals surface area contributed by atoms with E-state index in [-0.39, 0.29) is 6.10 Å². The van der Waals surface area contributed by atoms with Gasteiger partial charge >= 0.3 is 0 Å². The molecule has 2 aliphatic rings. The standard InChI is InChI=1S/C18H20ClNO5/c19-17-5-4-12(24-17)10-20-7-6-14(13(21)11-20)25-16-3-1-2-15-18(16)23-9-8-22-15/h1-5,13-14,21H,6-11H2/t13-,14-/m1/s1. The number of aliphatic hydroxyl groups excluding tert-OH is 1. The van der Waals surface area contributed by atoms with Crippen molar-refractivity contribution in [1.82, 2.24) is 4.90 Å². The Hall–Kier alpha value is -1.89. The normalized spacial score (nSPS) is 23.4. The van der Waals surface area contributed by atoms with Gasteiger partial charge in [0.05, 0.1) is 6.54 Å². The molecule has 0 saturated carbocycles. The summed E-state index contributed by atoms with van der Waals surface area (Å²) < 4.78 is 22.7. The highest BCUT2D eigenvalue weighted by molar-refractivity contribution is 6.28. The molecule has 1 aromatic heterocycles. The number of likely N-dealkylation sites (tertiary alicyclic amines) is 1. The summed E-state index contributed by atoms with van der Waals surface area (Å²) in [7, 11) is 0. The zero-order valence-electron chi connectivity index (χ0n) is 13.7. The molecule has 2 aliphatic heterocycles. The molecule has 0 unspecified atom stereocenters. The molecule has 1 saturated heterocycles. The van der Waals surface area contributed by atoms with E-state index < -0.39 is 6.10 Å². The summed E-state index contributed by atoms with van der Waals surface area (Å²) in [6, 6.07) is 9.14. The van der Waals surface area contributed by atoms with Crippen molar-refractivity contribution < 1.29 is 23.7 Å². The zero-order valence-corrected chi connectivity index (χ0v) is 14.4. The van der Waals surface area contributed by atoms with Gasteiger partial charge in [-0.25, -0.2) is 0 Å². The van der Waals surface area contributed by atoms with Gasteiger partial charge in [-0.1, -0.05) is 6.07 Å². The fraction of sp³-hybridized carbons (Fsp3) is 0.444. The third-order valence-electron chi connectivity index (χ3n) is 4.42. The van der Waals surface area contributed by atoms with Crippen LogP contribution in [0.15, 0.2) is 34.7 Å². The number of ether oxygens (including phenoxy) is 3. The maximum absolute atomic E-state index is 10.5. The van der Waals surface area contributed by atoms with Crippen LogP contribution < -0.4 is 14.2 Å². The van der Waals surface area contributed by atoms with E-state index in [9.17, 15) is 5.11 Å². The molecule has 1 fully saturated rings. The average Bonchev–Trinajstić information content (AvgIpc) is 3.02. The fourth-order valence-electron chi connectivity index (χ4n) is 3.22. The Kier molecular flexibility index (Phi) is 4.74. The molecule has 6 nitrogen and oxygen atoms in total. The molecule has 2 aromatic rings. The van der Waals surface area contributed by atoms with E-state index in [2.05, 4.69) is 4.90 Å². The van der Waals surface area contributed by atoms with Crippen LogP contribution in [-0.4, -0.2) is 48.5 Å². The molecule has 0 radical (unpaired) electrons. The van der Waals surface area contributed by atoms with Gasteiger partial charge in [-0.3, -0.25) is 4.90 Å². The second-order valence-electron chi connectivity index (χ2n) is 6.23. The maximum Gasteiger partial charge on any atom is 0.203 e. The van der Waals surface area contributed by atoms with Gasteiger partial charge in [0.1, 0.15) is 31.2 Å². The SMILES string of the molecule is O[C@@H]1CN(Cc2ccc(Cl)o2)CC[C@H]1Oc1cccc2c1OCCO2. The van der Waals surface area contributed by atoms with Gasteiger partial charge in [0.15, 0.2) is 16.7 Å². The van der Waals surface area contributed by atoms with Crippen LogP contribution in [0.2, 0.25) is 5.22 Å². The van der Waals surface area contributed by atoms with Crippen LogP contribution in [0.1, 0.15) is 12.2 Å². The Bertz CT molecular complexity index is 734. The first kappa shape index (κ1) is 16.6. The van der Waals surface area contributed by atoms with E-state index in [0.29, 0.717) is 55.2 Å². The lowest BCUT2D eigenvalue weighted by Gasteiger charge is -2.36. The number of nitrogens with zero attached hydrogens (tertiary/aromatic N) is 1. The van der Waals surface area contributed by atoms with Crippen LogP contribution in [0.3, 0.4) is 0 Å². The Labute approximate surface area is 150 Å². The van der Waals surface area contributed by atoms with Gasteiger partial charge in [-0.05, 0) is 42.3 Å². The molecule has 0 aliphatic carbocycles. The van der Waals surface area contributed by atoms with Crippen molar-refractivity contribution in [3.05, 3.63) is 41.3 Å². The van der Waals surface area contributed by atoms with Gasteiger partial charge < -0.3 is 23.7 Å². The number of piperidine rings is 1. The summed E-state index contributed by atoms with van der Waals surface area (Å²) >= 11 is 5.80. The van der Waals surface area contributed by atoms with E-state index in [1.54, 1.807) is 6.07 Å². The Morgan fingerprint density at radius 2 is 2.08 bits per heavy atom. The molecular formula is C18H20ClNO5. The minimum atomic E-state index is -0.598. The summed E-state index contributed by atoms with van der Waals surface area (Å²) in [5.41, 5.74) is 0. The molecule has 0 spiro atoms. The average molecular weight is 366 g/mol. The second kappa shape index (κ2) is 7.15. The predicted molar refractivity (Wildman–Crippen MR) is 91.5 cm³/mol. The minimum Gasteiger partial charge on any atom is -0.486 e. The fourth-order valence-corrected chi connectivity index (χ4v) is 3.38. The van der Waals surface area contributed by atoms with Crippen molar-refractivity contribution in [2.45, 2.75) is 25.2 Å². The second-order valence-corrected chi connectivity index (χ2v) is 6.61. The molecule has 25 heavy (non-hydrogen) atoms.